The molecule has 0 aliphatic rings. The molecular formula is C12H11N3O5S. The van der Waals surface area contributed by atoms with Crippen LogP contribution in [0.4, 0.5) is 5.69 Å². The molecule has 8 nitrogen and oxygen atoms in total. The zero-order valence-electron chi connectivity index (χ0n) is 11.2. The average molecular weight is 309 g/mol. The Bertz CT molecular complexity index is 685. The molecule has 0 N–H and O–H groups in total. The van der Waals surface area contributed by atoms with E-state index in [-0.39, 0.29) is 34.6 Å². The van der Waals surface area contributed by atoms with Gasteiger partial charge < -0.3 is 9.47 Å². The largest absolute Gasteiger partial charge is 0.481 e. The fourth-order valence-electron chi connectivity index (χ4n) is 1.53. The number of nitro groups is 1. The molecule has 21 heavy (non-hydrogen) atoms. The van der Waals surface area contributed by atoms with E-state index in [1.165, 1.54) is 24.6 Å². The second kappa shape index (κ2) is 6.27. The van der Waals surface area contributed by atoms with Crippen LogP contribution in [-0.2, 0) is 4.74 Å². The molecule has 2 heterocycles. The Balaban J connectivity index is 2.45. The molecule has 0 fully saturated rings. The summed E-state index contributed by atoms with van der Waals surface area (Å²) in [6, 6.07) is 2.67. The van der Waals surface area contributed by atoms with E-state index in [9.17, 15) is 14.9 Å². The summed E-state index contributed by atoms with van der Waals surface area (Å²) in [5, 5.41) is 12.8. The summed E-state index contributed by atoms with van der Waals surface area (Å²) in [4.78, 5) is 30.1. The highest BCUT2D eigenvalue weighted by Gasteiger charge is 2.22. The van der Waals surface area contributed by atoms with Crippen molar-refractivity contribution >= 4 is 23.0 Å². The molecule has 2 rings (SSSR count). The first-order valence-corrected chi connectivity index (χ1v) is 6.77. The minimum absolute atomic E-state index is 0.0555. The highest BCUT2D eigenvalue weighted by molar-refractivity contribution is 7.13. The lowest BCUT2D eigenvalue weighted by atomic mass is 10.3. The molecule has 9 heteroatoms. The zero-order valence-corrected chi connectivity index (χ0v) is 12.0. The van der Waals surface area contributed by atoms with Gasteiger partial charge in [-0.3, -0.25) is 10.1 Å². The molecule has 0 unspecified atom stereocenters. The van der Waals surface area contributed by atoms with Crippen LogP contribution in [0.1, 0.15) is 17.4 Å². The molecule has 0 aliphatic carbocycles. The van der Waals surface area contributed by atoms with E-state index >= 15 is 0 Å². The van der Waals surface area contributed by atoms with E-state index in [1.807, 2.05) is 0 Å². The van der Waals surface area contributed by atoms with Gasteiger partial charge in [0.1, 0.15) is 5.01 Å². The molecule has 0 radical (unpaired) electrons. The lowest BCUT2D eigenvalue weighted by Crippen LogP contribution is -2.05. The van der Waals surface area contributed by atoms with Crippen LogP contribution in [0.3, 0.4) is 0 Å². The predicted molar refractivity (Wildman–Crippen MR) is 74.5 cm³/mol. The van der Waals surface area contributed by atoms with E-state index in [0.29, 0.717) is 0 Å². The number of ether oxygens (including phenoxy) is 2. The quantitative estimate of drug-likeness (QED) is 0.474. The number of thiazole rings is 1. The van der Waals surface area contributed by atoms with E-state index in [4.69, 9.17) is 9.47 Å². The standard InChI is InChI=1S/C12H11N3O5S/c1-3-20-12(16)7-6-21-11(13-7)10-8(15(17)18)4-5-9(14-10)19-2/h4-6H,3H2,1-2H3. The van der Waals surface area contributed by atoms with Crippen molar-refractivity contribution in [2.24, 2.45) is 0 Å². The fourth-order valence-corrected chi connectivity index (χ4v) is 2.32. The minimum Gasteiger partial charge on any atom is -0.481 e. The number of esters is 1. The van der Waals surface area contributed by atoms with Crippen molar-refractivity contribution < 1.29 is 19.2 Å². The van der Waals surface area contributed by atoms with Gasteiger partial charge in [0.25, 0.3) is 5.69 Å². The Morgan fingerprint density at radius 3 is 2.81 bits per heavy atom. The summed E-state index contributed by atoms with van der Waals surface area (Å²) in [5.74, 6) is -0.353. The van der Waals surface area contributed by atoms with Gasteiger partial charge in [0, 0.05) is 17.5 Å². The lowest BCUT2D eigenvalue weighted by molar-refractivity contribution is -0.384. The number of aromatic nitrogens is 2. The summed E-state index contributed by atoms with van der Waals surface area (Å²) in [7, 11) is 1.41. The number of hydrogen-bond donors (Lipinski definition) is 0. The van der Waals surface area contributed by atoms with Gasteiger partial charge in [-0.05, 0) is 6.92 Å². The SMILES string of the molecule is CCOC(=O)c1csc(-c2nc(OC)ccc2[N+](=O)[O-])n1. The maximum Gasteiger partial charge on any atom is 0.357 e. The maximum atomic E-state index is 11.6. The monoisotopic (exact) mass is 309 g/mol. The molecule has 0 aromatic carbocycles. The highest BCUT2D eigenvalue weighted by atomic mass is 32.1. The van der Waals surface area contributed by atoms with Crippen molar-refractivity contribution in [3.05, 3.63) is 33.3 Å². The van der Waals surface area contributed by atoms with Crippen molar-refractivity contribution in [3.8, 4) is 16.6 Å². The number of carbonyl (C=O) groups excluding carboxylic acids is 1. The third-order valence-electron chi connectivity index (χ3n) is 2.45. The molecular weight excluding hydrogens is 298 g/mol. The van der Waals surface area contributed by atoms with Crippen LogP contribution in [0, 0.1) is 10.1 Å². The molecule has 0 saturated carbocycles. The molecule has 2 aromatic heterocycles. The van der Waals surface area contributed by atoms with Crippen molar-refractivity contribution in [2.75, 3.05) is 13.7 Å². The Kier molecular flexibility index (Phi) is 4.43. The normalized spacial score (nSPS) is 10.2. The van der Waals surface area contributed by atoms with Crippen LogP contribution in [0.25, 0.3) is 10.7 Å². The first-order valence-electron chi connectivity index (χ1n) is 5.89. The third kappa shape index (κ3) is 3.14. The first-order chi connectivity index (χ1) is 10.1. The van der Waals surface area contributed by atoms with Crippen LogP contribution in [0.5, 0.6) is 5.88 Å². The third-order valence-corrected chi connectivity index (χ3v) is 3.29. The van der Waals surface area contributed by atoms with Crippen LogP contribution in [-0.4, -0.2) is 34.6 Å². The van der Waals surface area contributed by atoms with Gasteiger partial charge in [-0.1, -0.05) is 0 Å². The molecule has 110 valence electrons. The van der Waals surface area contributed by atoms with Gasteiger partial charge in [-0.2, -0.15) is 0 Å². The van der Waals surface area contributed by atoms with E-state index in [2.05, 4.69) is 9.97 Å². The van der Waals surface area contributed by atoms with Crippen LogP contribution >= 0.6 is 11.3 Å². The van der Waals surface area contributed by atoms with E-state index < -0.39 is 10.9 Å². The molecule has 0 bridgehead atoms. The molecule has 0 amide bonds. The van der Waals surface area contributed by atoms with Gasteiger partial charge in [0.05, 0.1) is 18.6 Å². The summed E-state index contributed by atoms with van der Waals surface area (Å²) in [6.45, 7) is 1.91. The molecule has 0 aliphatic heterocycles. The first kappa shape index (κ1) is 14.9. The topological polar surface area (TPSA) is 104 Å². The summed E-state index contributed by atoms with van der Waals surface area (Å²) in [5.41, 5.74) is -0.0591. The number of carbonyl (C=O) groups is 1. The van der Waals surface area contributed by atoms with Gasteiger partial charge >= 0.3 is 5.97 Å². The molecule has 0 spiro atoms. The maximum absolute atomic E-state index is 11.6. The number of nitrogens with zero attached hydrogens (tertiary/aromatic N) is 3. The van der Waals surface area contributed by atoms with Crippen molar-refractivity contribution in [1.82, 2.24) is 9.97 Å². The van der Waals surface area contributed by atoms with E-state index in [1.54, 1.807) is 6.92 Å². The van der Waals surface area contributed by atoms with Crippen LogP contribution in [0.2, 0.25) is 0 Å². The van der Waals surface area contributed by atoms with Gasteiger partial charge in [-0.25, -0.2) is 14.8 Å². The highest BCUT2D eigenvalue weighted by Crippen LogP contribution is 2.32. The summed E-state index contributed by atoms with van der Waals surface area (Å²) >= 11 is 1.07. The Morgan fingerprint density at radius 2 is 2.19 bits per heavy atom. The van der Waals surface area contributed by atoms with Gasteiger partial charge in [-0.15, -0.1) is 11.3 Å². The number of methoxy groups -OCH3 is 1. The molecule has 0 atom stereocenters. The molecule has 2 aromatic rings. The second-order valence-corrected chi connectivity index (χ2v) is 4.59. The Labute approximate surface area is 123 Å². The van der Waals surface area contributed by atoms with Crippen molar-refractivity contribution in [1.29, 1.82) is 0 Å². The van der Waals surface area contributed by atoms with Crippen molar-refractivity contribution in [3.63, 3.8) is 0 Å². The van der Waals surface area contributed by atoms with Gasteiger partial charge in [0.15, 0.2) is 11.4 Å². The second-order valence-electron chi connectivity index (χ2n) is 3.74. The number of hydrogen-bond acceptors (Lipinski definition) is 8. The summed E-state index contributed by atoms with van der Waals surface area (Å²) in [6.07, 6.45) is 0. The molecule has 0 saturated heterocycles. The lowest BCUT2D eigenvalue weighted by Gasteiger charge is -2.02. The zero-order chi connectivity index (χ0) is 15.4. The predicted octanol–water partition coefficient (Wildman–Crippen LogP) is 2.30. The van der Waals surface area contributed by atoms with Gasteiger partial charge in [0.2, 0.25) is 5.88 Å². The Morgan fingerprint density at radius 1 is 1.43 bits per heavy atom. The summed E-state index contributed by atoms with van der Waals surface area (Å²) < 4.78 is 9.78. The fraction of sp³-hybridized carbons (Fsp3) is 0.250. The smallest absolute Gasteiger partial charge is 0.357 e. The minimum atomic E-state index is -0.578. The van der Waals surface area contributed by atoms with Crippen LogP contribution in [0.15, 0.2) is 17.5 Å². The van der Waals surface area contributed by atoms with Crippen molar-refractivity contribution in [2.45, 2.75) is 6.92 Å². The number of pyridine rings is 1. The van der Waals surface area contributed by atoms with Crippen LogP contribution < -0.4 is 4.74 Å². The number of rotatable bonds is 5. The van der Waals surface area contributed by atoms with E-state index in [0.717, 1.165) is 11.3 Å². The average Bonchev–Trinajstić information content (AvgIpc) is 2.96. The Hall–Kier alpha value is -2.55.